The summed E-state index contributed by atoms with van der Waals surface area (Å²) < 4.78 is 15.8. The molecular formula is C11H8BrFN2O. The van der Waals surface area contributed by atoms with Gasteiger partial charge in [-0.15, -0.1) is 0 Å². The van der Waals surface area contributed by atoms with E-state index in [9.17, 15) is 9.18 Å². The summed E-state index contributed by atoms with van der Waals surface area (Å²) in [4.78, 5) is 10.8. The van der Waals surface area contributed by atoms with Crippen molar-refractivity contribution in [2.24, 2.45) is 7.05 Å². The fraction of sp³-hybridized carbons (Fsp3) is 0.0909. The van der Waals surface area contributed by atoms with E-state index in [0.717, 1.165) is 0 Å². The standard InChI is InChI=1S/C11H8BrFN2O/c1-15-5-7(6-16)11(14-15)9-3-2-8(12)4-10(9)13/h2-6H,1H3. The first kappa shape index (κ1) is 11.0. The largest absolute Gasteiger partial charge is 0.298 e. The number of nitrogens with zero attached hydrogens (tertiary/aromatic N) is 2. The highest BCUT2D eigenvalue weighted by Crippen LogP contribution is 2.26. The lowest BCUT2D eigenvalue weighted by Gasteiger charge is -2.00. The molecule has 0 fully saturated rings. The summed E-state index contributed by atoms with van der Waals surface area (Å²) in [7, 11) is 1.69. The van der Waals surface area contributed by atoms with Crippen molar-refractivity contribution in [2.45, 2.75) is 0 Å². The lowest BCUT2D eigenvalue weighted by molar-refractivity contribution is 0.112. The minimum Gasteiger partial charge on any atom is -0.298 e. The first-order chi connectivity index (χ1) is 7.61. The number of halogens is 2. The third-order valence-corrected chi connectivity index (χ3v) is 2.66. The van der Waals surface area contributed by atoms with E-state index < -0.39 is 5.82 Å². The van der Waals surface area contributed by atoms with E-state index in [0.29, 0.717) is 27.6 Å². The van der Waals surface area contributed by atoms with E-state index in [1.165, 1.54) is 10.7 Å². The molecule has 0 aliphatic carbocycles. The number of carbonyl (C=O) groups is 1. The number of aryl methyl sites for hydroxylation is 1. The third kappa shape index (κ3) is 1.90. The Morgan fingerprint density at radius 2 is 2.25 bits per heavy atom. The number of hydrogen-bond acceptors (Lipinski definition) is 2. The Kier molecular flexibility index (Phi) is 2.87. The molecule has 1 aromatic heterocycles. The fourth-order valence-electron chi connectivity index (χ4n) is 1.48. The molecule has 0 radical (unpaired) electrons. The summed E-state index contributed by atoms with van der Waals surface area (Å²) in [6.45, 7) is 0. The van der Waals surface area contributed by atoms with Crippen LogP contribution in [0.15, 0.2) is 28.9 Å². The van der Waals surface area contributed by atoms with Gasteiger partial charge >= 0.3 is 0 Å². The van der Waals surface area contributed by atoms with Gasteiger partial charge < -0.3 is 0 Å². The Balaban J connectivity index is 2.62. The summed E-state index contributed by atoms with van der Waals surface area (Å²) in [5.41, 5.74) is 1.07. The molecule has 3 nitrogen and oxygen atoms in total. The van der Waals surface area contributed by atoms with Gasteiger partial charge in [-0.3, -0.25) is 9.48 Å². The summed E-state index contributed by atoms with van der Waals surface area (Å²) >= 11 is 3.17. The molecule has 0 saturated heterocycles. The van der Waals surface area contributed by atoms with E-state index in [4.69, 9.17) is 0 Å². The Hall–Kier alpha value is -1.49. The summed E-state index contributed by atoms with van der Waals surface area (Å²) in [6, 6.07) is 4.65. The maximum atomic E-state index is 13.7. The van der Waals surface area contributed by atoms with Gasteiger partial charge in [-0.25, -0.2) is 4.39 Å². The molecule has 5 heteroatoms. The molecule has 0 atom stereocenters. The number of benzene rings is 1. The van der Waals surface area contributed by atoms with Gasteiger partial charge in [0.15, 0.2) is 6.29 Å². The van der Waals surface area contributed by atoms with Gasteiger partial charge in [0.25, 0.3) is 0 Å². The normalized spacial score (nSPS) is 10.4. The van der Waals surface area contributed by atoms with Gasteiger partial charge in [0, 0.05) is 23.3 Å². The molecule has 0 amide bonds. The van der Waals surface area contributed by atoms with Crippen LogP contribution in [0.25, 0.3) is 11.3 Å². The monoisotopic (exact) mass is 282 g/mol. The molecule has 0 N–H and O–H groups in total. The third-order valence-electron chi connectivity index (χ3n) is 2.17. The van der Waals surface area contributed by atoms with Crippen molar-refractivity contribution in [2.75, 3.05) is 0 Å². The SMILES string of the molecule is Cn1cc(C=O)c(-c2ccc(Br)cc2F)n1. The molecule has 82 valence electrons. The van der Waals surface area contributed by atoms with E-state index in [1.54, 1.807) is 25.4 Å². The molecular weight excluding hydrogens is 275 g/mol. The van der Waals surface area contributed by atoms with Crippen molar-refractivity contribution in [3.8, 4) is 11.3 Å². The fourth-order valence-corrected chi connectivity index (χ4v) is 1.82. The van der Waals surface area contributed by atoms with Crippen molar-refractivity contribution in [3.05, 3.63) is 40.2 Å². The minimum absolute atomic E-state index is 0.325. The minimum atomic E-state index is -0.406. The maximum absolute atomic E-state index is 13.7. The highest BCUT2D eigenvalue weighted by Gasteiger charge is 2.13. The van der Waals surface area contributed by atoms with Crippen LogP contribution in [0, 0.1) is 5.82 Å². The van der Waals surface area contributed by atoms with Crippen LogP contribution in [0.5, 0.6) is 0 Å². The van der Waals surface area contributed by atoms with Crippen molar-refractivity contribution in [3.63, 3.8) is 0 Å². The molecule has 0 unspecified atom stereocenters. The molecule has 0 spiro atoms. The predicted molar refractivity (Wildman–Crippen MR) is 61.7 cm³/mol. The van der Waals surface area contributed by atoms with E-state index in [2.05, 4.69) is 21.0 Å². The van der Waals surface area contributed by atoms with Crippen LogP contribution in [-0.4, -0.2) is 16.1 Å². The highest BCUT2D eigenvalue weighted by atomic mass is 79.9. The number of rotatable bonds is 2. The second-order valence-corrected chi connectivity index (χ2v) is 4.26. The Morgan fingerprint density at radius 3 is 2.88 bits per heavy atom. The highest BCUT2D eigenvalue weighted by molar-refractivity contribution is 9.10. The summed E-state index contributed by atoms with van der Waals surface area (Å²) in [5.74, 6) is -0.406. The number of aromatic nitrogens is 2. The Morgan fingerprint density at radius 1 is 1.50 bits per heavy atom. The summed E-state index contributed by atoms with van der Waals surface area (Å²) in [6.07, 6.45) is 2.23. The average molecular weight is 283 g/mol. The van der Waals surface area contributed by atoms with Crippen LogP contribution in [0.2, 0.25) is 0 Å². The zero-order valence-corrected chi connectivity index (χ0v) is 10.0. The van der Waals surface area contributed by atoms with Gasteiger partial charge in [-0.05, 0) is 18.2 Å². The van der Waals surface area contributed by atoms with Crippen LogP contribution >= 0.6 is 15.9 Å². The first-order valence-corrected chi connectivity index (χ1v) is 5.35. The van der Waals surface area contributed by atoms with Crippen LogP contribution in [0.3, 0.4) is 0 Å². The van der Waals surface area contributed by atoms with E-state index in [-0.39, 0.29) is 0 Å². The molecule has 1 heterocycles. The molecule has 0 aliphatic rings. The van der Waals surface area contributed by atoms with Crippen molar-refractivity contribution in [1.29, 1.82) is 0 Å². The van der Waals surface area contributed by atoms with Crippen LogP contribution in [-0.2, 0) is 7.05 Å². The molecule has 2 rings (SSSR count). The van der Waals surface area contributed by atoms with E-state index >= 15 is 0 Å². The second-order valence-electron chi connectivity index (χ2n) is 3.35. The maximum Gasteiger partial charge on any atom is 0.153 e. The van der Waals surface area contributed by atoms with Crippen molar-refractivity contribution >= 4 is 22.2 Å². The molecule has 2 aromatic rings. The molecule has 0 saturated carbocycles. The lowest BCUT2D eigenvalue weighted by Crippen LogP contribution is -1.91. The predicted octanol–water partition coefficient (Wildman–Crippen LogP) is 2.80. The van der Waals surface area contributed by atoms with Crippen molar-refractivity contribution in [1.82, 2.24) is 9.78 Å². The smallest absolute Gasteiger partial charge is 0.153 e. The number of hydrogen-bond donors (Lipinski definition) is 0. The molecule has 1 aromatic carbocycles. The van der Waals surface area contributed by atoms with Gasteiger partial charge in [-0.2, -0.15) is 5.10 Å². The van der Waals surface area contributed by atoms with E-state index in [1.807, 2.05) is 0 Å². The Bertz CT molecular complexity index is 551. The van der Waals surface area contributed by atoms with Crippen LogP contribution in [0.4, 0.5) is 4.39 Å². The average Bonchev–Trinajstić information content (AvgIpc) is 2.59. The quantitative estimate of drug-likeness (QED) is 0.794. The van der Waals surface area contributed by atoms with Crippen LogP contribution < -0.4 is 0 Å². The van der Waals surface area contributed by atoms with Gasteiger partial charge in [0.05, 0.1) is 5.56 Å². The van der Waals surface area contributed by atoms with Gasteiger partial charge in [0.1, 0.15) is 11.5 Å². The first-order valence-electron chi connectivity index (χ1n) is 4.56. The molecule has 0 bridgehead atoms. The zero-order chi connectivity index (χ0) is 11.7. The molecule has 0 aliphatic heterocycles. The van der Waals surface area contributed by atoms with Crippen molar-refractivity contribution < 1.29 is 9.18 Å². The second kappa shape index (κ2) is 4.17. The lowest BCUT2D eigenvalue weighted by atomic mass is 10.1. The van der Waals surface area contributed by atoms with Gasteiger partial charge in [-0.1, -0.05) is 15.9 Å². The van der Waals surface area contributed by atoms with Crippen LogP contribution in [0.1, 0.15) is 10.4 Å². The summed E-state index contributed by atoms with van der Waals surface area (Å²) in [5, 5.41) is 4.07. The van der Waals surface area contributed by atoms with Gasteiger partial charge in [0.2, 0.25) is 0 Å². The molecule has 16 heavy (non-hydrogen) atoms. The number of carbonyl (C=O) groups excluding carboxylic acids is 1. The number of aldehydes is 1. The zero-order valence-electron chi connectivity index (χ0n) is 8.45. The Labute approximate surface area is 100 Å². The topological polar surface area (TPSA) is 34.9 Å².